The summed E-state index contributed by atoms with van der Waals surface area (Å²) in [5.41, 5.74) is 2.83. The van der Waals surface area contributed by atoms with Crippen LogP contribution in [0.25, 0.3) is 0 Å². The van der Waals surface area contributed by atoms with Crippen LogP contribution in [0, 0.1) is 6.92 Å². The maximum atomic E-state index is 12.2. The predicted octanol–water partition coefficient (Wildman–Crippen LogP) is 3.03. The van der Waals surface area contributed by atoms with Gasteiger partial charge in [-0.2, -0.15) is 0 Å². The van der Waals surface area contributed by atoms with E-state index in [4.69, 9.17) is 4.74 Å². The first-order valence-electron chi connectivity index (χ1n) is 9.34. The molecule has 1 fully saturated rings. The Morgan fingerprint density at radius 3 is 2.37 bits per heavy atom. The Kier molecular flexibility index (Phi) is 6.93. The van der Waals surface area contributed by atoms with E-state index in [0.717, 1.165) is 30.0 Å². The molecule has 2 rings (SSSR count). The van der Waals surface area contributed by atoms with Crippen LogP contribution in [0.1, 0.15) is 32.8 Å². The highest BCUT2D eigenvalue weighted by Crippen LogP contribution is 2.25. The Hall–Kier alpha value is -2.44. The number of ether oxygens (including phenoxy) is 2. The van der Waals surface area contributed by atoms with Crippen LogP contribution in [0.5, 0.6) is 0 Å². The molecule has 1 aliphatic heterocycles. The third kappa shape index (κ3) is 6.34. The number of rotatable bonds is 5. The van der Waals surface area contributed by atoms with Crippen molar-refractivity contribution in [1.29, 1.82) is 0 Å². The number of aryl methyl sites for hydroxylation is 1. The van der Waals surface area contributed by atoms with E-state index in [1.165, 1.54) is 7.11 Å². The van der Waals surface area contributed by atoms with Crippen LogP contribution >= 0.6 is 0 Å². The summed E-state index contributed by atoms with van der Waals surface area (Å²) in [6.45, 7) is 11.1. The number of anilines is 2. The number of nitrogens with one attached hydrogen (secondary N) is 1. The first kappa shape index (κ1) is 20.9. The molecule has 1 saturated heterocycles. The van der Waals surface area contributed by atoms with Crippen molar-refractivity contribution < 1.29 is 19.1 Å². The molecule has 1 aromatic carbocycles. The number of piperazine rings is 1. The van der Waals surface area contributed by atoms with Crippen LogP contribution < -0.4 is 10.2 Å². The molecule has 0 unspecified atom stereocenters. The summed E-state index contributed by atoms with van der Waals surface area (Å²) >= 11 is 0. The van der Waals surface area contributed by atoms with Crippen molar-refractivity contribution in [2.75, 3.05) is 50.1 Å². The minimum Gasteiger partial charge on any atom is -0.469 e. The molecule has 0 radical (unpaired) electrons. The zero-order valence-electron chi connectivity index (χ0n) is 17.0. The molecule has 1 heterocycles. The van der Waals surface area contributed by atoms with E-state index in [0.29, 0.717) is 26.1 Å². The molecule has 0 aliphatic carbocycles. The number of hydrogen-bond donors (Lipinski definition) is 1. The standard InChI is InChI=1S/C20H31N3O4/c1-15-14-16(21-9-8-18(24)26-5)6-7-17(15)22-10-12-23(13-11-22)19(25)27-20(2,3)4/h6-7,14,21H,8-13H2,1-5H3. The molecule has 1 N–H and O–H groups in total. The average Bonchev–Trinajstić information content (AvgIpc) is 2.60. The molecule has 0 saturated carbocycles. The van der Waals surface area contributed by atoms with Crippen molar-refractivity contribution >= 4 is 23.4 Å². The second-order valence-electron chi connectivity index (χ2n) is 7.71. The summed E-state index contributed by atoms with van der Waals surface area (Å²) in [5.74, 6) is -0.223. The molecule has 27 heavy (non-hydrogen) atoms. The number of carbonyl (C=O) groups excluding carboxylic acids is 2. The second-order valence-corrected chi connectivity index (χ2v) is 7.71. The lowest BCUT2D eigenvalue weighted by molar-refractivity contribution is -0.140. The van der Waals surface area contributed by atoms with Crippen molar-refractivity contribution in [3.05, 3.63) is 23.8 Å². The molecule has 1 aliphatic rings. The number of hydrogen-bond acceptors (Lipinski definition) is 6. The summed E-state index contributed by atoms with van der Waals surface area (Å²) in [6.07, 6.45) is 0.0910. The second kappa shape index (κ2) is 8.97. The summed E-state index contributed by atoms with van der Waals surface area (Å²) in [7, 11) is 1.39. The first-order valence-corrected chi connectivity index (χ1v) is 9.34. The molecule has 0 atom stereocenters. The number of nitrogens with zero attached hydrogens (tertiary/aromatic N) is 2. The monoisotopic (exact) mass is 377 g/mol. The fourth-order valence-corrected chi connectivity index (χ4v) is 2.99. The maximum Gasteiger partial charge on any atom is 0.410 e. The Morgan fingerprint density at radius 1 is 1.15 bits per heavy atom. The molecule has 1 aromatic rings. The van der Waals surface area contributed by atoms with Crippen LogP contribution in [-0.4, -0.2) is 62.4 Å². The number of carbonyl (C=O) groups is 2. The van der Waals surface area contributed by atoms with E-state index in [1.807, 2.05) is 26.8 Å². The Balaban J connectivity index is 1.88. The van der Waals surface area contributed by atoms with Gasteiger partial charge in [-0.15, -0.1) is 0 Å². The Bertz CT molecular complexity index is 662. The predicted molar refractivity (Wildman–Crippen MR) is 106 cm³/mol. The van der Waals surface area contributed by atoms with Gasteiger partial charge in [0.1, 0.15) is 5.60 Å². The minimum atomic E-state index is -0.471. The summed E-state index contributed by atoms with van der Waals surface area (Å²) in [4.78, 5) is 27.4. The fourth-order valence-electron chi connectivity index (χ4n) is 2.99. The average molecular weight is 377 g/mol. The van der Waals surface area contributed by atoms with Crippen molar-refractivity contribution in [2.45, 2.75) is 39.7 Å². The molecule has 1 amide bonds. The van der Waals surface area contributed by atoms with Gasteiger partial charge in [-0.05, 0) is 51.5 Å². The van der Waals surface area contributed by atoms with E-state index in [-0.39, 0.29) is 12.1 Å². The first-order chi connectivity index (χ1) is 12.7. The van der Waals surface area contributed by atoms with E-state index in [1.54, 1.807) is 4.90 Å². The zero-order valence-corrected chi connectivity index (χ0v) is 17.0. The summed E-state index contributed by atoms with van der Waals surface area (Å²) in [6, 6.07) is 6.17. The number of methoxy groups -OCH3 is 1. The normalized spacial score (nSPS) is 14.7. The molecule has 150 valence electrons. The highest BCUT2D eigenvalue weighted by molar-refractivity contribution is 5.70. The van der Waals surface area contributed by atoms with Gasteiger partial charge in [0.25, 0.3) is 0 Å². The van der Waals surface area contributed by atoms with Crippen molar-refractivity contribution in [3.8, 4) is 0 Å². The maximum absolute atomic E-state index is 12.2. The zero-order chi connectivity index (χ0) is 20.0. The lowest BCUT2D eigenvalue weighted by atomic mass is 10.1. The molecule has 7 heteroatoms. The third-order valence-corrected chi connectivity index (χ3v) is 4.35. The van der Waals surface area contributed by atoms with Crippen LogP contribution in [-0.2, 0) is 14.3 Å². The Labute approximate surface area is 161 Å². The van der Waals surface area contributed by atoms with Crippen molar-refractivity contribution in [1.82, 2.24) is 4.90 Å². The molecule has 0 bridgehead atoms. The lowest BCUT2D eigenvalue weighted by Crippen LogP contribution is -2.50. The van der Waals surface area contributed by atoms with Gasteiger partial charge in [-0.25, -0.2) is 4.79 Å². The van der Waals surface area contributed by atoms with E-state index < -0.39 is 5.60 Å². The van der Waals surface area contributed by atoms with Gasteiger partial charge in [0.2, 0.25) is 0 Å². The summed E-state index contributed by atoms with van der Waals surface area (Å²) < 4.78 is 10.1. The van der Waals surface area contributed by atoms with E-state index >= 15 is 0 Å². The van der Waals surface area contributed by atoms with Gasteiger partial charge in [-0.1, -0.05) is 0 Å². The number of amides is 1. The van der Waals surface area contributed by atoms with Gasteiger partial charge in [0.15, 0.2) is 0 Å². The highest BCUT2D eigenvalue weighted by atomic mass is 16.6. The quantitative estimate of drug-likeness (QED) is 0.796. The van der Waals surface area contributed by atoms with Crippen LogP contribution in [0.15, 0.2) is 18.2 Å². The van der Waals surface area contributed by atoms with Gasteiger partial charge in [-0.3, -0.25) is 4.79 Å². The smallest absolute Gasteiger partial charge is 0.410 e. The van der Waals surface area contributed by atoms with Gasteiger partial charge >= 0.3 is 12.1 Å². The van der Waals surface area contributed by atoms with E-state index in [9.17, 15) is 9.59 Å². The van der Waals surface area contributed by atoms with Crippen LogP contribution in [0.3, 0.4) is 0 Å². The molecular weight excluding hydrogens is 346 g/mol. The lowest BCUT2D eigenvalue weighted by Gasteiger charge is -2.37. The summed E-state index contributed by atoms with van der Waals surface area (Å²) in [5, 5.41) is 3.24. The van der Waals surface area contributed by atoms with Gasteiger partial charge in [0, 0.05) is 44.1 Å². The molecule has 0 spiro atoms. The number of esters is 1. The fraction of sp³-hybridized carbons (Fsp3) is 0.600. The molecule has 7 nitrogen and oxygen atoms in total. The third-order valence-electron chi connectivity index (χ3n) is 4.35. The minimum absolute atomic E-state index is 0.223. The highest BCUT2D eigenvalue weighted by Gasteiger charge is 2.26. The SMILES string of the molecule is COC(=O)CCNc1ccc(N2CCN(C(=O)OC(C)(C)C)CC2)c(C)c1. The molecule has 0 aromatic heterocycles. The van der Waals surface area contributed by atoms with Crippen molar-refractivity contribution in [3.63, 3.8) is 0 Å². The van der Waals surface area contributed by atoms with E-state index in [2.05, 4.69) is 34.0 Å². The van der Waals surface area contributed by atoms with Crippen molar-refractivity contribution in [2.24, 2.45) is 0 Å². The number of benzene rings is 1. The van der Waals surface area contributed by atoms with Crippen LogP contribution in [0.4, 0.5) is 16.2 Å². The largest absolute Gasteiger partial charge is 0.469 e. The molecular formula is C20H31N3O4. The van der Waals surface area contributed by atoms with Gasteiger partial charge in [0.05, 0.1) is 13.5 Å². The topological polar surface area (TPSA) is 71.1 Å². The Morgan fingerprint density at radius 2 is 1.81 bits per heavy atom. The van der Waals surface area contributed by atoms with Gasteiger partial charge < -0.3 is 24.6 Å². The van der Waals surface area contributed by atoms with Crippen LogP contribution in [0.2, 0.25) is 0 Å².